The third kappa shape index (κ3) is 2.10. The van der Waals surface area contributed by atoms with Crippen molar-refractivity contribution in [2.24, 2.45) is 5.73 Å². The van der Waals surface area contributed by atoms with Crippen molar-refractivity contribution < 1.29 is 4.79 Å². The van der Waals surface area contributed by atoms with E-state index in [1.54, 1.807) is 4.52 Å². The largest absolute Gasteiger partial charge is 0.368 e. The summed E-state index contributed by atoms with van der Waals surface area (Å²) in [6.45, 7) is 3.91. The van der Waals surface area contributed by atoms with Crippen molar-refractivity contribution in [1.82, 2.24) is 24.9 Å². The molecule has 1 saturated heterocycles. The minimum atomic E-state index is -0.346. The van der Waals surface area contributed by atoms with Gasteiger partial charge in [-0.1, -0.05) is 0 Å². The van der Waals surface area contributed by atoms with E-state index < -0.39 is 0 Å². The lowest BCUT2D eigenvalue weighted by Gasteiger charge is -2.33. The van der Waals surface area contributed by atoms with Crippen LogP contribution in [-0.4, -0.2) is 51.2 Å². The molecule has 2 aromatic rings. The van der Waals surface area contributed by atoms with Crippen molar-refractivity contribution in [3.63, 3.8) is 0 Å². The molecule has 0 aromatic carbocycles. The normalized spacial score (nSPS) is 19.8. The number of aryl methyl sites for hydroxylation is 1. The zero-order valence-corrected chi connectivity index (χ0v) is 10.6. The lowest BCUT2D eigenvalue weighted by Crippen LogP contribution is -2.56. The Labute approximate surface area is 109 Å². The Morgan fingerprint density at radius 3 is 3.21 bits per heavy atom. The standard InChI is InChI=1S/C11H15N7O/c1-7-4-9(18-11(16-7)14-6-15-18)17-3-2-13-8(5-17)10(12)19/h4,6,8,13H,2-3,5H2,1H3,(H2,12,19). The molecular formula is C11H15N7O. The van der Waals surface area contributed by atoms with Crippen molar-refractivity contribution in [2.75, 3.05) is 24.5 Å². The van der Waals surface area contributed by atoms with Crippen molar-refractivity contribution >= 4 is 17.5 Å². The van der Waals surface area contributed by atoms with Gasteiger partial charge in [-0.3, -0.25) is 4.79 Å². The average molecular weight is 261 g/mol. The highest BCUT2D eigenvalue weighted by Gasteiger charge is 2.25. The van der Waals surface area contributed by atoms with E-state index in [1.165, 1.54) is 6.33 Å². The number of hydrogen-bond acceptors (Lipinski definition) is 6. The molecule has 3 heterocycles. The molecule has 1 atom stereocenters. The predicted octanol–water partition coefficient (Wildman–Crippen LogP) is -1.30. The molecule has 8 nitrogen and oxygen atoms in total. The molecule has 1 aliphatic rings. The smallest absolute Gasteiger partial charge is 0.254 e. The summed E-state index contributed by atoms with van der Waals surface area (Å²) in [4.78, 5) is 21.8. The van der Waals surface area contributed by atoms with Crippen LogP contribution in [0.1, 0.15) is 5.69 Å². The maximum atomic E-state index is 11.3. The van der Waals surface area contributed by atoms with E-state index in [-0.39, 0.29) is 11.9 Å². The Morgan fingerprint density at radius 1 is 1.58 bits per heavy atom. The highest BCUT2D eigenvalue weighted by molar-refractivity contribution is 5.81. The van der Waals surface area contributed by atoms with E-state index in [0.29, 0.717) is 18.9 Å². The molecule has 3 rings (SSSR count). The van der Waals surface area contributed by atoms with Crippen LogP contribution in [0.2, 0.25) is 0 Å². The highest BCUT2D eigenvalue weighted by Crippen LogP contribution is 2.17. The molecule has 0 spiro atoms. The van der Waals surface area contributed by atoms with Gasteiger partial charge in [-0.05, 0) is 6.92 Å². The summed E-state index contributed by atoms with van der Waals surface area (Å²) in [5.41, 5.74) is 6.22. The highest BCUT2D eigenvalue weighted by atomic mass is 16.1. The summed E-state index contributed by atoms with van der Waals surface area (Å²) in [6, 6.07) is 1.59. The number of anilines is 1. The third-order valence-corrected chi connectivity index (χ3v) is 3.20. The van der Waals surface area contributed by atoms with Gasteiger partial charge in [0.05, 0.1) is 0 Å². The van der Waals surface area contributed by atoms with Crippen LogP contribution in [0.3, 0.4) is 0 Å². The van der Waals surface area contributed by atoms with Crippen LogP contribution in [0.25, 0.3) is 5.78 Å². The Bertz CT molecular complexity index is 623. The van der Waals surface area contributed by atoms with Gasteiger partial charge in [0.25, 0.3) is 5.78 Å². The number of hydrogen-bond donors (Lipinski definition) is 2. The number of nitrogens with two attached hydrogens (primary N) is 1. The molecule has 0 aliphatic carbocycles. The lowest BCUT2D eigenvalue weighted by atomic mass is 10.2. The monoisotopic (exact) mass is 261 g/mol. The van der Waals surface area contributed by atoms with Crippen LogP contribution in [0, 0.1) is 6.92 Å². The second-order valence-corrected chi connectivity index (χ2v) is 4.58. The number of nitrogens with one attached hydrogen (secondary N) is 1. The second-order valence-electron chi connectivity index (χ2n) is 4.58. The van der Waals surface area contributed by atoms with Crippen molar-refractivity contribution in [1.29, 1.82) is 0 Å². The zero-order valence-electron chi connectivity index (χ0n) is 10.6. The van der Waals surface area contributed by atoms with E-state index in [2.05, 4.69) is 25.3 Å². The van der Waals surface area contributed by atoms with Gasteiger partial charge in [0.1, 0.15) is 18.2 Å². The van der Waals surface area contributed by atoms with Crippen LogP contribution in [0.4, 0.5) is 5.82 Å². The molecule has 19 heavy (non-hydrogen) atoms. The number of piperazine rings is 1. The minimum Gasteiger partial charge on any atom is -0.368 e. The molecule has 2 aromatic heterocycles. The van der Waals surface area contributed by atoms with Crippen LogP contribution >= 0.6 is 0 Å². The van der Waals surface area contributed by atoms with E-state index in [0.717, 1.165) is 18.1 Å². The lowest BCUT2D eigenvalue weighted by molar-refractivity contribution is -0.120. The van der Waals surface area contributed by atoms with Gasteiger partial charge in [0.2, 0.25) is 5.91 Å². The first-order valence-electron chi connectivity index (χ1n) is 6.10. The van der Waals surface area contributed by atoms with Gasteiger partial charge in [-0.2, -0.15) is 14.6 Å². The van der Waals surface area contributed by atoms with Crippen LogP contribution in [0.15, 0.2) is 12.4 Å². The van der Waals surface area contributed by atoms with E-state index in [9.17, 15) is 4.79 Å². The molecule has 0 radical (unpaired) electrons. The number of primary amides is 1. The van der Waals surface area contributed by atoms with Gasteiger partial charge < -0.3 is 16.0 Å². The predicted molar refractivity (Wildman–Crippen MR) is 68.7 cm³/mol. The fraction of sp³-hybridized carbons (Fsp3) is 0.455. The summed E-state index contributed by atoms with van der Waals surface area (Å²) < 4.78 is 1.68. The number of aromatic nitrogens is 4. The molecular weight excluding hydrogens is 246 g/mol. The summed E-state index contributed by atoms with van der Waals surface area (Å²) in [5, 5.41) is 7.27. The van der Waals surface area contributed by atoms with Crippen molar-refractivity contribution in [2.45, 2.75) is 13.0 Å². The van der Waals surface area contributed by atoms with Gasteiger partial charge in [0, 0.05) is 31.4 Å². The molecule has 100 valence electrons. The number of amides is 1. The topological polar surface area (TPSA) is 101 Å². The van der Waals surface area contributed by atoms with E-state index >= 15 is 0 Å². The average Bonchev–Trinajstić information content (AvgIpc) is 2.85. The number of fused-ring (bicyclic) bond motifs is 1. The van der Waals surface area contributed by atoms with Crippen molar-refractivity contribution in [3.05, 3.63) is 18.1 Å². The molecule has 1 fully saturated rings. The van der Waals surface area contributed by atoms with Crippen LogP contribution < -0.4 is 16.0 Å². The SMILES string of the molecule is Cc1cc(N2CCNC(C(N)=O)C2)n2ncnc2n1. The van der Waals surface area contributed by atoms with Gasteiger partial charge in [0.15, 0.2) is 0 Å². The van der Waals surface area contributed by atoms with Gasteiger partial charge >= 0.3 is 0 Å². The Morgan fingerprint density at radius 2 is 2.42 bits per heavy atom. The first-order valence-corrected chi connectivity index (χ1v) is 6.10. The molecule has 8 heteroatoms. The fourth-order valence-electron chi connectivity index (χ4n) is 2.29. The number of rotatable bonds is 2. The molecule has 0 saturated carbocycles. The van der Waals surface area contributed by atoms with Gasteiger partial charge in [-0.15, -0.1) is 0 Å². The summed E-state index contributed by atoms with van der Waals surface area (Å²) in [5.74, 6) is 1.10. The number of carbonyl (C=O) groups excluding carboxylic acids is 1. The third-order valence-electron chi connectivity index (χ3n) is 3.20. The first-order chi connectivity index (χ1) is 9.15. The quantitative estimate of drug-likeness (QED) is 0.696. The summed E-state index contributed by atoms with van der Waals surface area (Å²) in [7, 11) is 0. The zero-order chi connectivity index (χ0) is 13.4. The fourth-order valence-corrected chi connectivity index (χ4v) is 2.29. The first kappa shape index (κ1) is 11.8. The van der Waals surface area contributed by atoms with Crippen molar-refractivity contribution in [3.8, 4) is 0 Å². The Balaban J connectivity index is 1.99. The molecule has 1 aliphatic heterocycles. The molecule has 1 unspecified atom stereocenters. The summed E-state index contributed by atoms with van der Waals surface area (Å²) >= 11 is 0. The molecule has 0 bridgehead atoms. The van der Waals surface area contributed by atoms with Gasteiger partial charge in [-0.25, -0.2) is 4.98 Å². The minimum absolute atomic E-state index is 0.342. The number of nitrogens with zero attached hydrogens (tertiary/aromatic N) is 5. The van der Waals surface area contributed by atoms with Crippen LogP contribution in [0.5, 0.6) is 0 Å². The molecule has 1 amide bonds. The molecule has 3 N–H and O–H groups in total. The summed E-state index contributed by atoms with van der Waals surface area (Å²) in [6.07, 6.45) is 1.47. The van der Waals surface area contributed by atoms with Crippen LogP contribution in [-0.2, 0) is 4.79 Å². The maximum absolute atomic E-state index is 11.3. The van der Waals surface area contributed by atoms with E-state index in [4.69, 9.17) is 5.73 Å². The Kier molecular flexibility index (Phi) is 2.79. The maximum Gasteiger partial charge on any atom is 0.254 e. The van der Waals surface area contributed by atoms with E-state index in [1.807, 2.05) is 13.0 Å². The number of carbonyl (C=O) groups is 1. The second kappa shape index (κ2) is 4.47. The Hall–Kier alpha value is -2.22.